The Morgan fingerprint density at radius 2 is 2.14 bits per heavy atom. The number of nitrogens with one attached hydrogen (secondary N) is 1. The molecule has 0 radical (unpaired) electrons. The summed E-state index contributed by atoms with van der Waals surface area (Å²) < 4.78 is 5.68. The molecule has 0 fully saturated rings. The number of thioether (sulfide) groups is 1. The Kier molecular flexibility index (Phi) is 5.67. The molecule has 0 aliphatic rings. The van der Waals surface area contributed by atoms with E-state index in [0.717, 1.165) is 34.9 Å². The smallest absolute Gasteiger partial charge is 0.256 e. The van der Waals surface area contributed by atoms with Crippen LogP contribution in [0.15, 0.2) is 33.9 Å². The number of aromatic nitrogens is 1. The molecule has 1 aromatic carbocycles. The van der Waals surface area contributed by atoms with Gasteiger partial charge in [-0.05, 0) is 31.9 Å². The van der Waals surface area contributed by atoms with E-state index in [4.69, 9.17) is 4.42 Å². The van der Waals surface area contributed by atoms with Crippen molar-refractivity contribution in [3.63, 3.8) is 0 Å². The molecular weight excluding hydrogens is 284 g/mol. The molecule has 0 bridgehead atoms. The number of aliphatic hydroxyl groups is 1. The van der Waals surface area contributed by atoms with Gasteiger partial charge in [0.15, 0.2) is 5.58 Å². The highest BCUT2D eigenvalue weighted by atomic mass is 32.2. The van der Waals surface area contributed by atoms with Gasteiger partial charge in [-0.25, -0.2) is 4.98 Å². The van der Waals surface area contributed by atoms with Crippen LogP contribution in [0, 0.1) is 0 Å². The molecule has 21 heavy (non-hydrogen) atoms. The molecule has 2 rings (SSSR count). The molecule has 1 atom stereocenters. The first-order chi connectivity index (χ1) is 10.0. The minimum atomic E-state index is -0.212. The number of fused-ring (bicyclic) bond motifs is 1. The molecule has 0 spiro atoms. The van der Waals surface area contributed by atoms with Gasteiger partial charge in [-0.2, -0.15) is 0 Å². The van der Waals surface area contributed by atoms with E-state index in [-0.39, 0.29) is 12.1 Å². The first kappa shape index (κ1) is 16.3. The minimum absolute atomic E-state index is 0.152. The zero-order valence-electron chi connectivity index (χ0n) is 12.9. The molecule has 0 aliphatic heterocycles. The maximum Gasteiger partial charge on any atom is 0.256 e. The molecule has 0 aliphatic carbocycles. The molecule has 0 saturated carbocycles. The Balaban J connectivity index is 1.81. The zero-order valence-corrected chi connectivity index (χ0v) is 13.7. The van der Waals surface area contributed by atoms with Crippen molar-refractivity contribution in [2.24, 2.45) is 0 Å². The van der Waals surface area contributed by atoms with Crippen LogP contribution in [-0.2, 0) is 0 Å². The number of hydrogen-bond donors (Lipinski definition) is 2. The third-order valence-electron chi connectivity index (χ3n) is 3.36. The summed E-state index contributed by atoms with van der Waals surface area (Å²) in [6.07, 6.45) is 1.93. The number of oxazole rings is 1. The van der Waals surface area contributed by atoms with Crippen LogP contribution in [0.3, 0.4) is 0 Å². The summed E-state index contributed by atoms with van der Waals surface area (Å²) in [7, 11) is 0. The fourth-order valence-corrected chi connectivity index (χ4v) is 3.20. The Hall–Kier alpha value is -1.04. The van der Waals surface area contributed by atoms with Gasteiger partial charge < -0.3 is 14.8 Å². The Morgan fingerprint density at radius 1 is 1.38 bits per heavy atom. The van der Waals surface area contributed by atoms with Crippen molar-refractivity contribution >= 4 is 22.9 Å². The van der Waals surface area contributed by atoms with Crippen molar-refractivity contribution in [1.29, 1.82) is 0 Å². The van der Waals surface area contributed by atoms with Crippen molar-refractivity contribution in [1.82, 2.24) is 10.3 Å². The van der Waals surface area contributed by atoms with Crippen molar-refractivity contribution in [3.05, 3.63) is 24.3 Å². The van der Waals surface area contributed by atoms with Gasteiger partial charge in [0.25, 0.3) is 5.22 Å². The maximum absolute atomic E-state index is 9.55. The molecule has 5 heteroatoms. The van der Waals surface area contributed by atoms with E-state index in [0.29, 0.717) is 6.04 Å². The zero-order chi connectivity index (χ0) is 15.3. The SMILES string of the molecule is CC(C)NC(C)(CO)CCCSc1nc2ccccc2o1. The van der Waals surface area contributed by atoms with Gasteiger partial charge in [-0.15, -0.1) is 0 Å². The second-order valence-corrected chi connectivity index (χ2v) is 6.96. The van der Waals surface area contributed by atoms with E-state index in [2.05, 4.69) is 31.1 Å². The third-order valence-corrected chi connectivity index (χ3v) is 4.27. The molecule has 0 saturated heterocycles. The number of aliphatic hydroxyl groups excluding tert-OH is 1. The van der Waals surface area contributed by atoms with E-state index in [1.165, 1.54) is 0 Å². The fraction of sp³-hybridized carbons (Fsp3) is 0.562. The van der Waals surface area contributed by atoms with Crippen molar-refractivity contribution < 1.29 is 9.52 Å². The van der Waals surface area contributed by atoms with Crippen LogP contribution >= 0.6 is 11.8 Å². The number of hydrogen-bond acceptors (Lipinski definition) is 5. The monoisotopic (exact) mass is 308 g/mol. The first-order valence-electron chi connectivity index (χ1n) is 7.39. The highest BCUT2D eigenvalue weighted by molar-refractivity contribution is 7.99. The van der Waals surface area contributed by atoms with Gasteiger partial charge in [0, 0.05) is 17.3 Å². The highest BCUT2D eigenvalue weighted by Crippen LogP contribution is 2.25. The first-order valence-corrected chi connectivity index (χ1v) is 8.38. The largest absolute Gasteiger partial charge is 0.431 e. The molecule has 1 unspecified atom stereocenters. The second-order valence-electron chi connectivity index (χ2n) is 5.92. The summed E-state index contributed by atoms with van der Waals surface area (Å²) in [4.78, 5) is 4.45. The summed E-state index contributed by atoms with van der Waals surface area (Å²) in [6.45, 7) is 6.41. The van der Waals surface area contributed by atoms with Crippen molar-refractivity contribution in [2.45, 2.75) is 50.4 Å². The van der Waals surface area contributed by atoms with Crippen LogP contribution in [-0.4, -0.2) is 34.0 Å². The van der Waals surface area contributed by atoms with E-state index < -0.39 is 0 Å². The molecule has 0 amide bonds. The summed E-state index contributed by atoms with van der Waals surface area (Å²) in [5.74, 6) is 0.933. The average Bonchev–Trinajstić information content (AvgIpc) is 2.85. The maximum atomic E-state index is 9.55. The molecule has 2 aromatic rings. The Labute approximate surface area is 130 Å². The topological polar surface area (TPSA) is 58.3 Å². The number of para-hydroxylation sites is 2. The molecule has 1 aromatic heterocycles. The van der Waals surface area contributed by atoms with Gasteiger partial charge >= 0.3 is 0 Å². The van der Waals surface area contributed by atoms with Gasteiger partial charge in [-0.1, -0.05) is 37.7 Å². The van der Waals surface area contributed by atoms with Crippen LogP contribution in [0.4, 0.5) is 0 Å². The van der Waals surface area contributed by atoms with Gasteiger partial charge in [-0.3, -0.25) is 0 Å². The Bertz CT molecular complexity index is 537. The predicted molar refractivity (Wildman–Crippen MR) is 87.7 cm³/mol. The average molecular weight is 308 g/mol. The standard InChI is InChI=1S/C16H24N2O2S/c1-12(2)18-16(3,11-19)9-6-10-21-15-17-13-7-4-5-8-14(13)20-15/h4-5,7-8,12,18-19H,6,9-11H2,1-3H3. The number of nitrogens with zero attached hydrogens (tertiary/aromatic N) is 1. The Morgan fingerprint density at radius 3 is 2.81 bits per heavy atom. The van der Waals surface area contributed by atoms with Gasteiger partial charge in [0.05, 0.1) is 6.61 Å². The molecule has 116 valence electrons. The quantitative estimate of drug-likeness (QED) is 0.578. The highest BCUT2D eigenvalue weighted by Gasteiger charge is 2.23. The van der Waals surface area contributed by atoms with E-state index >= 15 is 0 Å². The van der Waals surface area contributed by atoms with Crippen LogP contribution < -0.4 is 5.32 Å². The number of rotatable bonds is 8. The third kappa shape index (κ3) is 4.73. The summed E-state index contributed by atoms with van der Waals surface area (Å²) in [5.41, 5.74) is 1.53. The lowest BCUT2D eigenvalue weighted by atomic mass is 9.96. The van der Waals surface area contributed by atoms with Crippen LogP contribution in [0.2, 0.25) is 0 Å². The molecular formula is C16H24N2O2S. The predicted octanol–water partition coefficient (Wildman–Crippen LogP) is 3.45. The van der Waals surface area contributed by atoms with E-state index in [9.17, 15) is 5.11 Å². The summed E-state index contributed by atoms with van der Waals surface area (Å²) >= 11 is 1.63. The molecule has 1 heterocycles. The van der Waals surface area contributed by atoms with Crippen molar-refractivity contribution in [2.75, 3.05) is 12.4 Å². The van der Waals surface area contributed by atoms with Crippen LogP contribution in [0.25, 0.3) is 11.1 Å². The summed E-state index contributed by atoms with van der Waals surface area (Å²) in [5, 5.41) is 13.7. The second kappa shape index (κ2) is 7.29. The van der Waals surface area contributed by atoms with E-state index in [1.54, 1.807) is 11.8 Å². The number of benzene rings is 1. The van der Waals surface area contributed by atoms with Crippen LogP contribution in [0.5, 0.6) is 0 Å². The summed E-state index contributed by atoms with van der Waals surface area (Å²) in [6, 6.07) is 8.17. The lowest BCUT2D eigenvalue weighted by Gasteiger charge is -2.31. The normalized spacial score (nSPS) is 14.7. The van der Waals surface area contributed by atoms with Gasteiger partial charge in [0.1, 0.15) is 5.52 Å². The van der Waals surface area contributed by atoms with E-state index in [1.807, 2.05) is 24.3 Å². The molecule has 4 nitrogen and oxygen atoms in total. The fourth-order valence-electron chi connectivity index (χ4n) is 2.43. The lowest BCUT2D eigenvalue weighted by Crippen LogP contribution is -2.49. The lowest BCUT2D eigenvalue weighted by molar-refractivity contribution is 0.156. The molecule has 2 N–H and O–H groups in total. The minimum Gasteiger partial charge on any atom is -0.431 e. The van der Waals surface area contributed by atoms with Gasteiger partial charge in [0.2, 0.25) is 0 Å². The van der Waals surface area contributed by atoms with Crippen molar-refractivity contribution in [3.8, 4) is 0 Å². The van der Waals surface area contributed by atoms with Crippen LogP contribution in [0.1, 0.15) is 33.6 Å².